The molecule has 3 aromatic rings. The average Bonchev–Trinajstić information content (AvgIpc) is 2.83. The third-order valence-electron chi connectivity index (χ3n) is 3.18. The van der Waals surface area contributed by atoms with Gasteiger partial charge in [0.05, 0.1) is 11.6 Å². The van der Waals surface area contributed by atoms with E-state index >= 15 is 0 Å². The number of anilines is 1. The van der Waals surface area contributed by atoms with Gasteiger partial charge in [-0.2, -0.15) is 5.10 Å². The number of aryl methyl sites for hydroxylation is 1. The number of rotatable bonds is 3. The molecule has 5 heteroatoms. The first-order valence-corrected chi connectivity index (χ1v) is 6.20. The summed E-state index contributed by atoms with van der Waals surface area (Å²) in [6, 6.07) is 10.5. The third-order valence-corrected chi connectivity index (χ3v) is 3.18. The molecule has 19 heavy (non-hydrogen) atoms. The van der Waals surface area contributed by atoms with Crippen molar-refractivity contribution in [2.24, 2.45) is 7.05 Å². The number of benzene rings is 1. The fraction of sp³-hybridized carbons (Fsp3) is 0.214. The average molecular weight is 253 g/mol. The molecule has 0 bridgehead atoms. The third kappa shape index (κ3) is 2.14. The van der Waals surface area contributed by atoms with Crippen LogP contribution in [-0.2, 0) is 7.05 Å². The number of aromatic nitrogens is 4. The summed E-state index contributed by atoms with van der Waals surface area (Å²) in [5.41, 5.74) is 2.05. The van der Waals surface area contributed by atoms with E-state index in [2.05, 4.69) is 39.4 Å². The standard InChI is InChI=1S/C14H15N5/c1-10(11-6-4-3-5-7-11)18-13-12-8-17-19(2)14(12)16-9-15-13/h3-10H,1-2H3,(H,15,16,18)/t10-/m0/s1. The van der Waals surface area contributed by atoms with E-state index in [4.69, 9.17) is 0 Å². The highest BCUT2D eigenvalue weighted by Gasteiger charge is 2.11. The Labute approximate surface area is 111 Å². The fourth-order valence-corrected chi connectivity index (χ4v) is 2.11. The van der Waals surface area contributed by atoms with Crippen LogP contribution in [0.5, 0.6) is 0 Å². The molecule has 2 aromatic heterocycles. The Kier molecular flexibility index (Phi) is 2.87. The lowest BCUT2D eigenvalue weighted by Gasteiger charge is -2.15. The second-order valence-corrected chi connectivity index (χ2v) is 4.50. The molecule has 1 N–H and O–H groups in total. The van der Waals surface area contributed by atoms with E-state index in [-0.39, 0.29) is 6.04 Å². The first kappa shape index (κ1) is 11.6. The van der Waals surface area contributed by atoms with Crippen molar-refractivity contribution in [2.45, 2.75) is 13.0 Å². The number of hydrogen-bond donors (Lipinski definition) is 1. The Morgan fingerprint density at radius 2 is 1.95 bits per heavy atom. The van der Waals surface area contributed by atoms with Crippen molar-refractivity contribution in [3.8, 4) is 0 Å². The molecule has 0 saturated carbocycles. The minimum atomic E-state index is 0.180. The van der Waals surface area contributed by atoms with Gasteiger partial charge in [-0.15, -0.1) is 0 Å². The predicted molar refractivity (Wildman–Crippen MR) is 74.8 cm³/mol. The van der Waals surface area contributed by atoms with Crippen LogP contribution in [0.1, 0.15) is 18.5 Å². The smallest absolute Gasteiger partial charge is 0.163 e. The highest BCUT2D eigenvalue weighted by atomic mass is 15.3. The molecular formula is C14H15N5. The predicted octanol–water partition coefficient (Wildman–Crippen LogP) is 2.54. The van der Waals surface area contributed by atoms with Crippen LogP contribution in [0.2, 0.25) is 0 Å². The Hall–Kier alpha value is -2.43. The van der Waals surface area contributed by atoms with Crippen molar-refractivity contribution in [1.82, 2.24) is 19.7 Å². The molecule has 2 heterocycles. The number of nitrogens with one attached hydrogen (secondary N) is 1. The summed E-state index contributed by atoms with van der Waals surface area (Å²) in [6.45, 7) is 2.11. The highest BCUT2D eigenvalue weighted by Crippen LogP contribution is 2.23. The van der Waals surface area contributed by atoms with Crippen molar-refractivity contribution in [3.63, 3.8) is 0 Å². The van der Waals surface area contributed by atoms with Crippen LogP contribution in [0.3, 0.4) is 0 Å². The monoisotopic (exact) mass is 253 g/mol. The van der Waals surface area contributed by atoms with Crippen LogP contribution in [0.25, 0.3) is 11.0 Å². The number of fused-ring (bicyclic) bond motifs is 1. The topological polar surface area (TPSA) is 55.6 Å². The molecular weight excluding hydrogens is 238 g/mol. The molecule has 0 fully saturated rings. The summed E-state index contributed by atoms with van der Waals surface area (Å²) in [4.78, 5) is 8.54. The molecule has 5 nitrogen and oxygen atoms in total. The summed E-state index contributed by atoms with van der Waals surface area (Å²) in [5, 5.41) is 8.56. The van der Waals surface area contributed by atoms with Gasteiger partial charge in [0, 0.05) is 13.1 Å². The molecule has 0 aliphatic carbocycles. The van der Waals surface area contributed by atoms with Gasteiger partial charge in [-0.1, -0.05) is 30.3 Å². The molecule has 0 unspecified atom stereocenters. The van der Waals surface area contributed by atoms with Crippen LogP contribution < -0.4 is 5.32 Å². The van der Waals surface area contributed by atoms with E-state index < -0.39 is 0 Å². The maximum absolute atomic E-state index is 4.31. The van der Waals surface area contributed by atoms with Crippen molar-refractivity contribution < 1.29 is 0 Å². The Morgan fingerprint density at radius 1 is 1.16 bits per heavy atom. The van der Waals surface area contributed by atoms with Crippen LogP contribution in [-0.4, -0.2) is 19.7 Å². The first-order valence-electron chi connectivity index (χ1n) is 6.20. The van der Waals surface area contributed by atoms with Gasteiger partial charge in [0.25, 0.3) is 0 Å². The molecule has 0 aliphatic rings. The van der Waals surface area contributed by atoms with Crippen molar-refractivity contribution >= 4 is 16.9 Å². The van der Waals surface area contributed by atoms with Crippen molar-refractivity contribution in [2.75, 3.05) is 5.32 Å². The summed E-state index contributed by atoms with van der Waals surface area (Å²) in [6.07, 6.45) is 3.35. The van der Waals surface area contributed by atoms with E-state index in [9.17, 15) is 0 Å². The zero-order chi connectivity index (χ0) is 13.2. The van der Waals surface area contributed by atoms with Crippen molar-refractivity contribution in [3.05, 3.63) is 48.4 Å². The van der Waals surface area contributed by atoms with Gasteiger partial charge >= 0.3 is 0 Å². The first-order chi connectivity index (χ1) is 9.25. The minimum absolute atomic E-state index is 0.180. The zero-order valence-corrected chi connectivity index (χ0v) is 10.9. The summed E-state index contributed by atoms with van der Waals surface area (Å²) in [5.74, 6) is 0.814. The summed E-state index contributed by atoms with van der Waals surface area (Å²) in [7, 11) is 1.87. The van der Waals surface area contributed by atoms with Crippen LogP contribution >= 0.6 is 0 Å². The summed E-state index contributed by atoms with van der Waals surface area (Å²) < 4.78 is 1.75. The lowest BCUT2D eigenvalue weighted by atomic mass is 10.1. The molecule has 0 radical (unpaired) electrons. The highest BCUT2D eigenvalue weighted by molar-refractivity contribution is 5.86. The zero-order valence-electron chi connectivity index (χ0n) is 10.9. The minimum Gasteiger partial charge on any atom is -0.363 e. The second-order valence-electron chi connectivity index (χ2n) is 4.50. The van der Waals surface area contributed by atoms with E-state index in [1.807, 2.05) is 25.2 Å². The fourth-order valence-electron chi connectivity index (χ4n) is 2.11. The van der Waals surface area contributed by atoms with Gasteiger partial charge in [-0.05, 0) is 12.5 Å². The Morgan fingerprint density at radius 3 is 2.74 bits per heavy atom. The van der Waals surface area contributed by atoms with E-state index in [0.717, 1.165) is 16.9 Å². The molecule has 0 saturated heterocycles. The van der Waals surface area contributed by atoms with Crippen LogP contribution in [0.15, 0.2) is 42.9 Å². The number of hydrogen-bond acceptors (Lipinski definition) is 4. The van der Waals surface area contributed by atoms with Gasteiger partial charge in [0.1, 0.15) is 12.1 Å². The lowest BCUT2D eigenvalue weighted by molar-refractivity contribution is 0.785. The molecule has 1 aromatic carbocycles. The van der Waals surface area contributed by atoms with Gasteiger partial charge in [0.15, 0.2) is 5.65 Å². The van der Waals surface area contributed by atoms with Gasteiger partial charge in [-0.3, -0.25) is 4.68 Å². The van der Waals surface area contributed by atoms with Crippen LogP contribution in [0.4, 0.5) is 5.82 Å². The maximum atomic E-state index is 4.31. The van der Waals surface area contributed by atoms with Gasteiger partial charge in [0.2, 0.25) is 0 Å². The Bertz CT molecular complexity index is 689. The number of nitrogens with zero attached hydrogens (tertiary/aromatic N) is 4. The largest absolute Gasteiger partial charge is 0.363 e. The molecule has 0 spiro atoms. The Balaban J connectivity index is 1.93. The SMILES string of the molecule is C[C@H](Nc1ncnc2c1cnn2C)c1ccccc1. The summed E-state index contributed by atoms with van der Waals surface area (Å²) >= 11 is 0. The van der Waals surface area contributed by atoms with E-state index in [1.165, 1.54) is 5.56 Å². The van der Waals surface area contributed by atoms with Crippen LogP contribution in [0, 0.1) is 0 Å². The molecule has 0 amide bonds. The van der Waals surface area contributed by atoms with E-state index in [1.54, 1.807) is 17.2 Å². The maximum Gasteiger partial charge on any atom is 0.163 e. The quantitative estimate of drug-likeness (QED) is 0.779. The lowest BCUT2D eigenvalue weighted by Crippen LogP contribution is -2.08. The second kappa shape index (κ2) is 4.68. The normalized spacial score (nSPS) is 12.5. The van der Waals surface area contributed by atoms with Gasteiger partial charge in [-0.25, -0.2) is 9.97 Å². The van der Waals surface area contributed by atoms with Crippen molar-refractivity contribution in [1.29, 1.82) is 0 Å². The van der Waals surface area contributed by atoms with E-state index in [0.29, 0.717) is 0 Å². The molecule has 3 rings (SSSR count). The van der Waals surface area contributed by atoms with Gasteiger partial charge < -0.3 is 5.32 Å². The molecule has 96 valence electrons. The molecule has 0 aliphatic heterocycles. The molecule has 1 atom stereocenters.